The zero-order valence-corrected chi connectivity index (χ0v) is 18.2. The number of rotatable bonds is 8. The van der Waals surface area contributed by atoms with Gasteiger partial charge in [0.2, 0.25) is 5.09 Å². The molecule has 1 aromatic heterocycles. The number of piperazine rings is 1. The molecule has 1 aromatic carbocycles. The fourth-order valence-electron chi connectivity index (χ4n) is 3.33. The van der Waals surface area contributed by atoms with Crippen molar-refractivity contribution in [1.29, 1.82) is 0 Å². The van der Waals surface area contributed by atoms with E-state index in [4.69, 9.17) is 13.9 Å². The molecule has 0 atom stereocenters. The second kappa shape index (κ2) is 9.17. The predicted octanol–water partition coefficient (Wildman–Crippen LogP) is 1.86. The third kappa shape index (κ3) is 5.11. The average Bonchev–Trinajstić information content (AvgIpc) is 3.18. The SMILES string of the molecule is COc1ccc(OC)c(CN2CCN(Cc3ccc(S(=O)(=O)N(C)C)o3)CC2)c1. The van der Waals surface area contributed by atoms with Gasteiger partial charge in [-0.05, 0) is 30.3 Å². The number of methoxy groups -OCH3 is 2. The van der Waals surface area contributed by atoms with E-state index in [-0.39, 0.29) is 5.09 Å². The highest BCUT2D eigenvalue weighted by Crippen LogP contribution is 2.26. The van der Waals surface area contributed by atoms with Gasteiger partial charge in [0, 0.05) is 52.4 Å². The lowest BCUT2D eigenvalue weighted by Crippen LogP contribution is -2.45. The van der Waals surface area contributed by atoms with Crippen LogP contribution >= 0.6 is 0 Å². The molecule has 0 amide bonds. The summed E-state index contributed by atoms with van der Waals surface area (Å²) >= 11 is 0. The molecule has 29 heavy (non-hydrogen) atoms. The normalized spacial score (nSPS) is 16.3. The van der Waals surface area contributed by atoms with Crippen molar-refractivity contribution in [2.45, 2.75) is 18.2 Å². The minimum absolute atomic E-state index is 0.0127. The lowest BCUT2D eigenvalue weighted by atomic mass is 10.1. The topological polar surface area (TPSA) is 75.5 Å². The summed E-state index contributed by atoms with van der Waals surface area (Å²) in [6.45, 7) is 4.96. The maximum atomic E-state index is 12.1. The van der Waals surface area contributed by atoms with Gasteiger partial charge in [-0.15, -0.1) is 0 Å². The fourth-order valence-corrected chi connectivity index (χ4v) is 4.15. The molecule has 0 saturated carbocycles. The van der Waals surface area contributed by atoms with E-state index < -0.39 is 10.0 Å². The molecule has 2 aromatic rings. The predicted molar refractivity (Wildman–Crippen MR) is 110 cm³/mol. The summed E-state index contributed by atoms with van der Waals surface area (Å²) in [4.78, 5) is 4.64. The molecule has 0 N–H and O–H groups in total. The number of furan rings is 1. The minimum atomic E-state index is -3.53. The van der Waals surface area contributed by atoms with Crippen LogP contribution in [0.5, 0.6) is 11.5 Å². The average molecular weight is 424 g/mol. The first-order valence-electron chi connectivity index (χ1n) is 9.50. The molecule has 8 nitrogen and oxygen atoms in total. The van der Waals surface area contributed by atoms with Crippen LogP contribution in [0.1, 0.15) is 11.3 Å². The van der Waals surface area contributed by atoms with Gasteiger partial charge in [-0.3, -0.25) is 9.80 Å². The second-order valence-corrected chi connectivity index (χ2v) is 9.32. The molecule has 9 heteroatoms. The van der Waals surface area contributed by atoms with E-state index in [0.717, 1.165) is 54.1 Å². The number of benzene rings is 1. The van der Waals surface area contributed by atoms with Crippen LogP contribution in [-0.4, -0.2) is 77.0 Å². The summed E-state index contributed by atoms with van der Waals surface area (Å²) in [7, 11) is 2.79. The van der Waals surface area contributed by atoms with Crippen molar-refractivity contribution in [3.8, 4) is 11.5 Å². The van der Waals surface area contributed by atoms with Gasteiger partial charge in [0.05, 0.1) is 20.8 Å². The number of hydrogen-bond acceptors (Lipinski definition) is 7. The van der Waals surface area contributed by atoms with E-state index in [1.807, 2.05) is 18.2 Å². The van der Waals surface area contributed by atoms with Crippen LogP contribution < -0.4 is 9.47 Å². The van der Waals surface area contributed by atoms with Crippen molar-refractivity contribution in [3.63, 3.8) is 0 Å². The van der Waals surface area contributed by atoms with Crippen molar-refractivity contribution in [1.82, 2.24) is 14.1 Å². The summed E-state index contributed by atoms with van der Waals surface area (Å²) in [6, 6.07) is 9.11. The Morgan fingerprint density at radius 2 is 1.62 bits per heavy atom. The van der Waals surface area contributed by atoms with Crippen molar-refractivity contribution >= 4 is 10.0 Å². The molecule has 160 valence electrons. The molecule has 1 fully saturated rings. The molecule has 0 radical (unpaired) electrons. The van der Waals surface area contributed by atoms with E-state index in [1.54, 1.807) is 20.3 Å². The highest BCUT2D eigenvalue weighted by molar-refractivity contribution is 7.88. The van der Waals surface area contributed by atoms with Gasteiger partial charge in [0.25, 0.3) is 10.0 Å². The fraction of sp³-hybridized carbons (Fsp3) is 0.500. The molecule has 0 unspecified atom stereocenters. The van der Waals surface area contributed by atoms with Gasteiger partial charge in [-0.25, -0.2) is 12.7 Å². The summed E-state index contributed by atoms with van der Waals surface area (Å²) in [5.41, 5.74) is 1.10. The first kappa shape index (κ1) is 21.6. The molecule has 0 spiro atoms. The zero-order valence-electron chi connectivity index (χ0n) is 17.4. The first-order chi connectivity index (χ1) is 13.8. The van der Waals surface area contributed by atoms with Gasteiger partial charge in [0.15, 0.2) is 0 Å². The molecular weight excluding hydrogens is 394 g/mol. The molecule has 1 saturated heterocycles. The van der Waals surface area contributed by atoms with Crippen LogP contribution in [0.2, 0.25) is 0 Å². The number of sulfonamides is 1. The molecule has 0 aliphatic carbocycles. The van der Waals surface area contributed by atoms with E-state index in [2.05, 4.69) is 9.80 Å². The van der Waals surface area contributed by atoms with Gasteiger partial charge in [0.1, 0.15) is 17.3 Å². The molecule has 3 rings (SSSR count). The van der Waals surface area contributed by atoms with Gasteiger partial charge in [-0.1, -0.05) is 0 Å². The lowest BCUT2D eigenvalue weighted by Gasteiger charge is -2.34. The maximum Gasteiger partial charge on any atom is 0.275 e. The largest absolute Gasteiger partial charge is 0.497 e. The van der Waals surface area contributed by atoms with Crippen LogP contribution in [0.15, 0.2) is 39.8 Å². The van der Waals surface area contributed by atoms with Crippen molar-refractivity contribution in [3.05, 3.63) is 41.7 Å². The summed E-state index contributed by atoms with van der Waals surface area (Å²) in [5.74, 6) is 2.34. The van der Waals surface area contributed by atoms with Gasteiger partial charge in [-0.2, -0.15) is 0 Å². The molecule has 2 heterocycles. The number of hydrogen-bond donors (Lipinski definition) is 0. The standard InChI is InChI=1S/C20H29N3O5S/c1-21(2)29(24,25)20-8-6-18(28-20)15-23-11-9-22(10-12-23)14-16-13-17(26-3)5-7-19(16)27-4/h5-8,13H,9-12,14-15H2,1-4H3. The molecule has 1 aliphatic rings. The molecule has 1 aliphatic heterocycles. The maximum absolute atomic E-state index is 12.1. The number of nitrogens with zero attached hydrogens (tertiary/aromatic N) is 3. The Kier molecular flexibility index (Phi) is 6.84. The highest BCUT2D eigenvalue weighted by Gasteiger charge is 2.23. The van der Waals surface area contributed by atoms with E-state index in [9.17, 15) is 8.42 Å². The Balaban J connectivity index is 1.56. The van der Waals surface area contributed by atoms with Gasteiger partial charge < -0.3 is 13.9 Å². The van der Waals surface area contributed by atoms with Crippen LogP contribution in [0.4, 0.5) is 0 Å². The monoisotopic (exact) mass is 423 g/mol. The Bertz CT molecular complexity index is 918. The van der Waals surface area contributed by atoms with Crippen LogP contribution in [0, 0.1) is 0 Å². The van der Waals surface area contributed by atoms with Crippen LogP contribution in [-0.2, 0) is 23.1 Å². The van der Waals surface area contributed by atoms with Crippen molar-refractivity contribution in [2.75, 3.05) is 54.5 Å². The Morgan fingerprint density at radius 3 is 2.21 bits per heavy atom. The minimum Gasteiger partial charge on any atom is -0.497 e. The lowest BCUT2D eigenvalue weighted by molar-refractivity contribution is 0.114. The van der Waals surface area contributed by atoms with Crippen molar-refractivity contribution in [2.24, 2.45) is 0 Å². The Labute approximate surface area is 172 Å². The quantitative estimate of drug-likeness (QED) is 0.642. The third-order valence-corrected chi connectivity index (χ3v) is 6.79. The summed E-state index contributed by atoms with van der Waals surface area (Å²) < 4.78 is 41.8. The Morgan fingerprint density at radius 1 is 0.966 bits per heavy atom. The number of ether oxygens (including phenoxy) is 2. The molecule has 0 bridgehead atoms. The van der Waals surface area contributed by atoms with E-state index >= 15 is 0 Å². The van der Waals surface area contributed by atoms with Crippen LogP contribution in [0.3, 0.4) is 0 Å². The van der Waals surface area contributed by atoms with E-state index in [1.165, 1.54) is 20.2 Å². The second-order valence-electron chi connectivity index (χ2n) is 7.24. The van der Waals surface area contributed by atoms with Crippen LogP contribution in [0.25, 0.3) is 0 Å². The summed E-state index contributed by atoms with van der Waals surface area (Å²) in [6.07, 6.45) is 0. The highest BCUT2D eigenvalue weighted by atomic mass is 32.2. The smallest absolute Gasteiger partial charge is 0.275 e. The first-order valence-corrected chi connectivity index (χ1v) is 10.9. The van der Waals surface area contributed by atoms with Crippen molar-refractivity contribution < 1.29 is 22.3 Å². The Hall–Kier alpha value is -2.07. The third-order valence-electron chi connectivity index (χ3n) is 5.10. The van der Waals surface area contributed by atoms with Gasteiger partial charge >= 0.3 is 0 Å². The summed E-state index contributed by atoms with van der Waals surface area (Å²) in [5, 5.41) is -0.0127. The van der Waals surface area contributed by atoms with E-state index in [0.29, 0.717) is 12.3 Å². The molecular formula is C20H29N3O5S. The zero-order chi connectivity index (χ0) is 21.0.